The molecule has 1 amide bonds. The second-order valence-electron chi connectivity index (χ2n) is 3.63. The fourth-order valence-electron chi connectivity index (χ4n) is 1.36. The van der Waals surface area contributed by atoms with Gasteiger partial charge in [-0.2, -0.15) is 11.3 Å². The van der Waals surface area contributed by atoms with Crippen molar-refractivity contribution in [3.63, 3.8) is 0 Å². The fraction of sp³-hybridized carbons (Fsp3) is 0.500. The summed E-state index contributed by atoms with van der Waals surface area (Å²) < 4.78 is 4.79. The van der Waals surface area contributed by atoms with E-state index >= 15 is 0 Å². The fourth-order valence-corrected chi connectivity index (χ4v) is 2.18. The molecule has 17 heavy (non-hydrogen) atoms. The molecule has 0 unspecified atom stereocenters. The minimum absolute atomic E-state index is 0.0763. The molecule has 1 aromatic heterocycles. The molecule has 0 fully saturated rings. The number of thiophene rings is 1. The third kappa shape index (κ3) is 4.56. The third-order valence-corrected chi connectivity index (χ3v) is 3.11. The van der Waals surface area contributed by atoms with Gasteiger partial charge in [0.25, 0.3) is 5.91 Å². The molecule has 1 rings (SSSR count). The topological polar surface area (TPSA) is 55.4 Å². The van der Waals surface area contributed by atoms with Crippen LogP contribution in [0.3, 0.4) is 0 Å². The molecule has 1 heterocycles. The molecule has 0 aliphatic carbocycles. The van der Waals surface area contributed by atoms with E-state index in [4.69, 9.17) is 4.74 Å². The van der Waals surface area contributed by atoms with E-state index in [0.29, 0.717) is 31.6 Å². The van der Waals surface area contributed by atoms with Gasteiger partial charge in [-0.15, -0.1) is 0 Å². The Hall–Kier alpha value is -1.36. The molecule has 0 spiro atoms. The Morgan fingerprint density at radius 2 is 2.18 bits per heavy atom. The van der Waals surface area contributed by atoms with Crippen LogP contribution in [0.1, 0.15) is 35.7 Å². The van der Waals surface area contributed by atoms with Crippen LogP contribution in [0.15, 0.2) is 10.8 Å². The number of carbonyl (C=O) groups is 2. The first kappa shape index (κ1) is 13.7. The molecule has 0 bridgehead atoms. The van der Waals surface area contributed by atoms with Crippen LogP contribution in [0.2, 0.25) is 0 Å². The maximum absolute atomic E-state index is 11.7. The molecular formula is C12H17NO3S. The number of rotatable bonds is 6. The molecule has 0 saturated carbocycles. The van der Waals surface area contributed by atoms with E-state index in [2.05, 4.69) is 5.32 Å². The molecule has 0 atom stereocenters. The summed E-state index contributed by atoms with van der Waals surface area (Å²) in [6.07, 6.45) is 0.949. The van der Waals surface area contributed by atoms with E-state index in [-0.39, 0.29) is 11.9 Å². The Bertz CT molecular complexity index is 387. The lowest BCUT2D eigenvalue weighted by atomic mass is 10.2. The summed E-state index contributed by atoms with van der Waals surface area (Å²) in [5, 5.41) is 6.55. The molecular weight excluding hydrogens is 238 g/mol. The summed E-state index contributed by atoms with van der Waals surface area (Å²) in [7, 11) is 0. The highest BCUT2D eigenvalue weighted by molar-refractivity contribution is 7.08. The van der Waals surface area contributed by atoms with Crippen molar-refractivity contribution in [3.8, 4) is 0 Å². The predicted octanol–water partition coefficient (Wildman–Crippen LogP) is 2.13. The molecule has 94 valence electrons. The number of aryl methyl sites for hydroxylation is 1. The molecule has 0 aliphatic rings. The normalized spacial score (nSPS) is 10.0. The van der Waals surface area contributed by atoms with Gasteiger partial charge in [0.15, 0.2) is 0 Å². The number of hydrogen-bond donors (Lipinski definition) is 1. The zero-order valence-corrected chi connectivity index (χ0v) is 10.9. The molecule has 0 aromatic carbocycles. The minimum Gasteiger partial charge on any atom is -0.466 e. The van der Waals surface area contributed by atoms with Crippen LogP contribution in [0.25, 0.3) is 0 Å². The standard InChI is InChI=1S/C12H17NO3S/c1-3-16-11(14)5-4-6-13-12(15)10-8-17-7-9(10)2/h7-8H,3-6H2,1-2H3,(H,13,15). The monoisotopic (exact) mass is 255 g/mol. The summed E-state index contributed by atoms with van der Waals surface area (Å²) in [5.74, 6) is -0.291. The van der Waals surface area contributed by atoms with Crippen molar-refractivity contribution >= 4 is 23.2 Å². The van der Waals surface area contributed by atoms with Gasteiger partial charge in [0.05, 0.1) is 12.2 Å². The summed E-state index contributed by atoms with van der Waals surface area (Å²) in [6.45, 7) is 4.58. The van der Waals surface area contributed by atoms with Gasteiger partial charge in [-0.25, -0.2) is 0 Å². The van der Waals surface area contributed by atoms with Gasteiger partial charge in [0.2, 0.25) is 0 Å². The van der Waals surface area contributed by atoms with Gasteiger partial charge in [0, 0.05) is 18.3 Å². The summed E-state index contributed by atoms with van der Waals surface area (Å²) in [5.41, 5.74) is 1.70. The Morgan fingerprint density at radius 1 is 1.41 bits per heavy atom. The highest BCUT2D eigenvalue weighted by atomic mass is 32.1. The first-order valence-electron chi connectivity index (χ1n) is 5.61. The van der Waals surface area contributed by atoms with E-state index in [1.165, 1.54) is 11.3 Å². The van der Waals surface area contributed by atoms with Crippen molar-refractivity contribution in [3.05, 3.63) is 21.9 Å². The number of amides is 1. The first-order valence-corrected chi connectivity index (χ1v) is 6.56. The third-order valence-electron chi connectivity index (χ3n) is 2.25. The van der Waals surface area contributed by atoms with Gasteiger partial charge < -0.3 is 10.1 Å². The predicted molar refractivity (Wildman–Crippen MR) is 67.3 cm³/mol. The zero-order valence-electron chi connectivity index (χ0n) is 10.1. The lowest BCUT2D eigenvalue weighted by molar-refractivity contribution is -0.143. The largest absolute Gasteiger partial charge is 0.466 e. The Labute approximate surface area is 105 Å². The highest BCUT2D eigenvalue weighted by Crippen LogP contribution is 2.13. The maximum Gasteiger partial charge on any atom is 0.305 e. The summed E-state index contributed by atoms with van der Waals surface area (Å²) >= 11 is 1.51. The zero-order chi connectivity index (χ0) is 12.7. The Balaban J connectivity index is 2.21. The van der Waals surface area contributed by atoms with Crippen molar-refractivity contribution in [2.24, 2.45) is 0 Å². The van der Waals surface area contributed by atoms with E-state index in [0.717, 1.165) is 5.56 Å². The minimum atomic E-state index is -0.214. The number of hydrogen-bond acceptors (Lipinski definition) is 4. The second-order valence-corrected chi connectivity index (χ2v) is 4.38. The van der Waals surface area contributed by atoms with Crippen LogP contribution in [0, 0.1) is 6.92 Å². The number of carbonyl (C=O) groups excluding carboxylic acids is 2. The maximum atomic E-state index is 11.7. The number of ether oxygens (including phenoxy) is 1. The SMILES string of the molecule is CCOC(=O)CCCNC(=O)c1cscc1C. The van der Waals surface area contributed by atoms with Crippen molar-refractivity contribution < 1.29 is 14.3 Å². The lowest BCUT2D eigenvalue weighted by Crippen LogP contribution is -2.25. The van der Waals surface area contributed by atoms with E-state index < -0.39 is 0 Å². The summed E-state index contributed by atoms with van der Waals surface area (Å²) in [4.78, 5) is 22.7. The van der Waals surface area contributed by atoms with Gasteiger partial charge >= 0.3 is 5.97 Å². The molecule has 4 nitrogen and oxygen atoms in total. The number of nitrogens with one attached hydrogen (secondary N) is 1. The molecule has 5 heteroatoms. The molecule has 0 aliphatic heterocycles. The van der Waals surface area contributed by atoms with Crippen LogP contribution >= 0.6 is 11.3 Å². The highest BCUT2D eigenvalue weighted by Gasteiger charge is 2.09. The van der Waals surface area contributed by atoms with E-state index in [1.54, 1.807) is 6.92 Å². The Kier molecular flexibility index (Phi) is 5.69. The van der Waals surface area contributed by atoms with Crippen LogP contribution < -0.4 is 5.32 Å². The number of esters is 1. The molecule has 0 saturated heterocycles. The average Bonchev–Trinajstić information content (AvgIpc) is 2.71. The quantitative estimate of drug-likeness (QED) is 0.626. The van der Waals surface area contributed by atoms with Crippen LogP contribution in [-0.4, -0.2) is 25.0 Å². The van der Waals surface area contributed by atoms with Crippen LogP contribution in [-0.2, 0) is 9.53 Å². The molecule has 1 aromatic rings. The second kappa shape index (κ2) is 7.06. The van der Waals surface area contributed by atoms with E-state index in [9.17, 15) is 9.59 Å². The van der Waals surface area contributed by atoms with Gasteiger partial charge in [-0.3, -0.25) is 9.59 Å². The van der Waals surface area contributed by atoms with Crippen molar-refractivity contribution in [2.75, 3.05) is 13.2 Å². The summed E-state index contributed by atoms with van der Waals surface area (Å²) in [6, 6.07) is 0. The van der Waals surface area contributed by atoms with Crippen LogP contribution in [0.4, 0.5) is 0 Å². The Morgan fingerprint density at radius 3 is 2.76 bits per heavy atom. The smallest absolute Gasteiger partial charge is 0.305 e. The van der Waals surface area contributed by atoms with E-state index in [1.807, 2.05) is 17.7 Å². The van der Waals surface area contributed by atoms with Crippen molar-refractivity contribution in [2.45, 2.75) is 26.7 Å². The van der Waals surface area contributed by atoms with Crippen LogP contribution in [0.5, 0.6) is 0 Å². The molecule has 1 N–H and O–H groups in total. The van der Waals surface area contributed by atoms with Gasteiger partial charge in [-0.05, 0) is 31.2 Å². The van der Waals surface area contributed by atoms with Crippen molar-refractivity contribution in [1.29, 1.82) is 0 Å². The average molecular weight is 255 g/mol. The molecule has 0 radical (unpaired) electrons. The lowest BCUT2D eigenvalue weighted by Gasteiger charge is -2.04. The van der Waals surface area contributed by atoms with Crippen molar-refractivity contribution in [1.82, 2.24) is 5.32 Å². The first-order chi connectivity index (χ1) is 8.15. The van der Waals surface area contributed by atoms with Gasteiger partial charge in [0.1, 0.15) is 0 Å². The van der Waals surface area contributed by atoms with Gasteiger partial charge in [-0.1, -0.05) is 0 Å².